The van der Waals surface area contributed by atoms with Gasteiger partial charge in [-0.15, -0.1) is 0 Å². The Morgan fingerprint density at radius 3 is 2.22 bits per heavy atom. The lowest BCUT2D eigenvalue weighted by atomic mass is 10.1. The number of piperidine rings is 1. The maximum Gasteiger partial charge on any atom is 0.150 e. The van der Waals surface area contributed by atoms with E-state index < -0.39 is 0 Å². The summed E-state index contributed by atoms with van der Waals surface area (Å²) in [5.74, 6) is 0. The maximum atomic E-state index is 10.1. The zero-order chi connectivity index (χ0) is 13.4. The van der Waals surface area contributed by atoms with Crippen LogP contribution in [0.4, 0.5) is 0 Å². The fourth-order valence-electron chi connectivity index (χ4n) is 1.94. The number of nitrogens with zero attached hydrogens (tertiary/aromatic N) is 1. The molecule has 0 aromatic heterocycles. The second kappa shape index (κ2) is 8.01. The summed E-state index contributed by atoms with van der Waals surface area (Å²) in [6.45, 7) is 4.51. The van der Waals surface area contributed by atoms with Gasteiger partial charge in [-0.2, -0.15) is 0 Å². The Morgan fingerprint density at radius 2 is 1.78 bits per heavy atom. The second-order valence-electron chi connectivity index (χ2n) is 4.89. The Kier molecular flexibility index (Phi) is 6.61. The highest BCUT2D eigenvalue weighted by molar-refractivity contribution is 5.74. The Balaban J connectivity index is 0.000000180. The minimum atomic E-state index is 0.737. The number of hydrogen-bond donors (Lipinski definition) is 1. The molecule has 0 amide bonds. The number of hydrogen-bond acceptors (Lipinski definition) is 3. The van der Waals surface area contributed by atoms with Crippen molar-refractivity contribution in [3.05, 3.63) is 35.4 Å². The molecule has 1 N–H and O–H groups in total. The lowest BCUT2D eigenvalue weighted by molar-refractivity contribution is 0.112. The molecule has 0 radical (unpaired) electrons. The van der Waals surface area contributed by atoms with Crippen LogP contribution in [0.2, 0.25) is 0 Å². The summed E-state index contributed by atoms with van der Waals surface area (Å²) in [7, 11) is 4.24. The van der Waals surface area contributed by atoms with Crippen LogP contribution in [-0.4, -0.2) is 44.4 Å². The van der Waals surface area contributed by atoms with Gasteiger partial charge in [0.15, 0.2) is 0 Å². The summed E-state index contributed by atoms with van der Waals surface area (Å²) >= 11 is 0. The lowest BCUT2D eigenvalue weighted by Crippen LogP contribution is -2.39. The van der Waals surface area contributed by atoms with Crippen LogP contribution in [0.25, 0.3) is 0 Å². The van der Waals surface area contributed by atoms with Gasteiger partial charge >= 0.3 is 0 Å². The van der Waals surface area contributed by atoms with Crippen molar-refractivity contribution in [3.8, 4) is 0 Å². The topological polar surface area (TPSA) is 32.3 Å². The van der Waals surface area contributed by atoms with Crippen molar-refractivity contribution in [1.82, 2.24) is 10.2 Å². The van der Waals surface area contributed by atoms with E-state index in [4.69, 9.17) is 0 Å². The average molecular weight is 248 g/mol. The predicted octanol–water partition coefficient (Wildman–Crippen LogP) is 2.11. The number of aldehydes is 1. The number of benzene rings is 1. The normalized spacial score (nSPS) is 16.8. The van der Waals surface area contributed by atoms with Crippen LogP contribution in [0.5, 0.6) is 0 Å². The summed E-state index contributed by atoms with van der Waals surface area (Å²) in [6, 6.07) is 8.24. The monoisotopic (exact) mass is 248 g/mol. The number of carbonyl (C=O) groups is 1. The van der Waals surface area contributed by atoms with Gasteiger partial charge in [-0.05, 0) is 47.0 Å². The van der Waals surface area contributed by atoms with Crippen LogP contribution in [0, 0.1) is 6.92 Å². The molecule has 0 bridgehead atoms. The Hall–Kier alpha value is -1.19. The second-order valence-corrected chi connectivity index (χ2v) is 4.89. The summed E-state index contributed by atoms with van der Waals surface area (Å²) in [5, 5.41) is 3.30. The zero-order valence-corrected chi connectivity index (χ0v) is 11.6. The molecular formula is C15H24N2O. The van der Waals surface area contributed by atoms with Crippen LogP contribution in [0.3, 0.4) is 0 Å². The summed E-state index contributed by atoms with van der Waals surface area (Å²) in [6.07, 6.45) is 3.47. The molecule has 1 aromatic carbocycles. The van der Waals surface area contributed by atoms with E-state index in [1.807, 2.05) is 31.2 Å². The quantitative estimate of drug-likeness (QED) is 0.814. The molecule has 100 valence electrons. The molecule has 2 rings (SSSR count). The van der Waals surface area contributed by atoms with E-state index in [-0.39, 0.29) is 0 Å². The summed E-state index contributed by atoms with van der Waals surface area (Å²) in [4.78, 5) is 12.5. The molecule has 1 saturated heterocycles. The highest BCUT2D eigenvalue weighted by atomic mass is 16.1. The van der Waals surface area contributed by atoms with Crippen molar-refractivity contribution in [2.24, 2.45) is 0 Å². The molecule has 1 aromatic rings. The van der Waals surface area contributed by atoms with Gasteiger partial charge in [-0.1, -0.05) is 29.8 Å². The first kappa shape index (κ1) is 14.9. The molecule has 3 nitrogen and oxygen atoms in total. The first-order valence-electron chi connectivity index (χ1n) is 6.53. The third kappa shape index (κ3) is 5.43. The third-order valence-corrected chi connectivity index (χ3v) is 3.34. The van der Waals surface area contributed by atoms with Crippen molar-refractivity contribution in [2.75, 3.05) is 27.2 Å². The fourth-order valence-corrected chi connectivity index (χ4v) is 1.94. The first-order chi connectivity index (χ1) is 8.65. The molecular weight excluding hydrogens is 224 g/mol. The molecule has 1 fully saturated rings. The SMILES string of the molecule is CNC1CCN(C)CC1.Cc1ccc(C=O)cc1. The van der Waals surface area contributed by atoms with E-state index in [2.05, 4.69) is 24.3 Å². The van der Waals surface area contributed by atoms with E-state index in [9.17, 15) is 4.79 Å². The zero-order valence-electron chi connectivity index (χ0n) is 11.6. The Labute approximate surface area is 110 Å². The van der Waals surface area contributed by atoms with Gasteiger partial charge in [0.05, 0.1) is 0 Å². The van der Waals surface area contributed by atoms with E-state index in [1.54, 1.807) is 0 Å². The molecule has 1 heterocycles. The third-order valence-electron chi connectivity index (χ3n) is 3.34. The number of nitrogens with one attached hydrogen (secondary N) is 1. The average Bonchev–Trinajstić information content (AvgIpc) is 2.41. The molecule has 0 aliphatic carbocycles. The Bertz CT molecular complexity index is 340. The lowest BCUT2D eigenvalue weighted by Gasteiger charge is -2.28. The van der Waals surface area contributed by atoms with Gasteiger partial charge in [0.2, 0.25) is 0 Å². The van der Waals surface area contributed by atoms with E-state index in [0.29, 0.717) is 0 Å². The first-order valence-corrected chi connectivity index (χ1v) is 6.53. The Morgan fingerprint density at radius 1 is 1.22 bits per heavy atom. The van der Waals surface area contributed by atoms with Crippen LogP contribution in [-0.2, 0) is 0 Å². The molecule has 0 saturated carbocycles. The van der Waals surface area contributed by atoms with E-state index in [0.717, 1.165) is 17.9 Å². The molecule has 1 aliphatic heterocycles. The summed E-state index contributed by atoms with van der Waals surface area (Å²) in [5.41, 5.74) is 1.92. The molecule has 1 aliphatic rings. The number of aryl methyl sites for hydroxylation is 1. The largest absolute Gasteiger partial charge is 0.317 e. The van der Waals surface area contributed by atoms with E-state index in [1.165, 1.54) is 31.5 Å². The smallest absolute Gasteiger partial charge is 0.150 e. The van der Waals surface area contributed by atoms with Crippen LogP contribution in [0.1, 0.15) is 28.8 Å². The minimum Gasteiger partial charge on any atom is -0.317 e. The van der Waals surface area contributed by atoms with Gasteiger partial charge in [0, 0.05) is 11.6 Å². The van der Waals surface area contributed by atoms with Crippen molar-refractivity contribution in [3.63, 3.8) is 0 Å². The molecule has 0 atom stereocenters. The highest BCUT2D eigenvalue weighted by Crippen LogP contribution is 2.06. The van der Waals surface area contributed by atoms with E-state index >= 15 is 0 Å². The highest BCUT2D eigenvalue weighted by Gasteiger charge is 2.13. The van der Waals surface area contributed by atoms with Gasteiger partial charge in [0.25, 0.3) is 0 Å². The van der Waals surface area contributed by atoms with Crippen molar-refractivity contribution < 1.29 is 4.79 Å². The number of likely N-dealkylation sites (tertiary alicyclic amines) is 1. The molecule has 0 spiro atoms. The van der Waals surface area contributed by atoms with Crippen molar-refractivity contribution >= 4 is 6.29 Å². The van der Waals surface area contributed by atoms with Crippen LogP contribution < -0.4 is 5.32 Å². The van der Waals surface area contributed by atoms with Crippen molar-refractivity contribution in [1.29, 1.82) is 0 Å². The standard InChI is InChI=1S/C8H8O.C7H16N2/c1-7-2-4-8(6-9)5-3-7;1-8-7-3-5-9(2)6-4-7/h2-6H,1H3;7-8H,3-6H2,1-2H3. The number of rotatable bonds is 2. The minimum absolute atomic E-state index is 0.737. The molecule has 3 heteroatoms. The van der Waals surface area contributed by atoms with Crippen molar-refractivity contribution in [2.45, 2.75) is 25.8 Å². The van der Waals surface area contributed by atoms with Gasteiger partial charge in [0.1, 0.15) is 6.29 Å². The fraction of sp³-hybridized carbons (Fsp3) is 0.533. The molecule has 0 unspecified atom stereocenters. The molecule has 18 heavy (non-hydrogen) atoms. The predicted molar refractivity (Wildman–Crippen MR) is 76.1 cm³/mol. The van der Waals surface area contributed by atoms with Crippen LogP contribution in [0.15, 0.2) is 24.3 Å². The van der Waals surface area contributed by atoms with Gasteiger partial charge in [-0.25, -0.2) is 0 Å². The van der Waals surface area contributed by atoms with Gasteiger partial charge < -0.3 is 10.2 Å². The van der Waals surface area contributed by atoms with Crippen LogP contribution >= 0.6 is 0 Å². The number of carbonyl (C=O) groups excluding carboxylic acids is 1. The van der Waals surface area contributed by atoms with Gasteiger partial charge in [-0.3, -0.25) is 4.79 Å². The summed E-state index contributed by atoms with van der Waals surface area (Å²) < 4.78 is 0. The maximum absolute atomic E-state index is 10.1.